The predicted octanol–water partition coefficient (Wildman–Crippen LogP) is 2.38. The molecule has 1 aliphatic rings. The molecule has 0 aliphatic carbocycles. The molecule has 1 saturated heterocycles. The number of hydrogen-bond acceptors (Lipinski definition) is 7. The fourth-order valence-electron chi connectivity index (χ4n) is 3.05. The highest BCUT2D eigenvalue weighted by Gasteiger charge is 2.35. The van der Waals surface area contributed by atoms with Crippen molar-refractivity contribution in [1.29, 1.82) is 0 Å². The molecular weight excluding hydrogens is 458 g/mol. The quantitative estimate of drug-likeness (QED) is 0.596. The smallest absolute Gasteiger partial charge is 0.255 e. The highest BCUT2D eigenvalue weighted by atomic mass is 35.5. The summed E-state index contributed by atoms with van der Waals surface area (Å²) in [5, 5.41) is 2.91. The summed E-state index contributed by atoms with van der Waals surface area (Å²) < 4.78 is 15.7. The van der Waals surface area contributed by atoms with E-state index in [1.165, 1.54) is 35.9 Å². The summed E-state index contributed by atoms with van der Waals surface area (Å²) in [6, 6.07) is 9.11. The van der Waals surface area contributed by atoms with Gasteiger partial charge in [-0.05, 0) is 36.4 Å². The van der Waals surface area contributed by atoms with Crippen LogP contribution in [0.25, 0.3) is 0 Å². The van der Waals surface area contributed by atoms with Crippen LogP contribution in [-0.4, -0.2) is 61.1 Å². The first-order chi connectivity index (χ1) is 15.3. The van der Waals surface area contributed by atoms with Crippen LogP contribution in [0.4, 0.5) is 5.69 Å². The zero-order valence-electron chi connectivity index (χ0n) is 17.4. The molecule has 1 heterocycles. The molecule has 0 radical (unpaired) electrons. The Morgan fingerprint density at radius 1 is 1.19 bits per heavy atom. The Balaban J connectivity index is 1.77. The maximum Gasteiger partial charge on any atom is 0.255 e. The molecule has 1 aliphatic heterocycles. The summed E-state index contributed by atoms with van der Waals surface area (Å²) >= 11 is 7.73. The Kier molecular flexibility index (Phi) is 7.70. The molecule has 0 aromatic heterocycles. The lowest BCUT2D eigenvalue weighted by molar-refractivity contribution is -0.120. The van der Waals surface area contributed by atoms with Crippen LogP contribution < -0.4 is 25.3 Å². The zero-order valence-corrected chi connectivity index (χ0v) is 19.0. The van der Waals surface area contributed by atoms with Crippen molar-refractivity contribution in [2.75, 3.05) is 37.8 Å². The number of halogens is 1. The maximum absolute atomic E-state index is 13.2. The van der Waals surface area contributed by atoms with E-state index in [4.69, 9.17) is 31.5 Å². The third-order valence-corrected chi connectivity index (χ3v) is 5.93. The van der Waals surface area contributed by atoms with Crippen LogP contribution in [0, 0.1) is 0 Å². The number of nitrogens with zero attached hydrogens (tertiary/aromatic N) is 1. The van der Waals surface area contributed by atoms with Crippen molar-refractivity contribution in [2.45, 2.75) is 6.04 Å². The molecule has 170 valence electrons. The van der Waals surface area contributed by atoms with Gasteiger partial charge in [0, 0.05) is 17.0 Å². The molecule has 2 aromatic carbocycles. The summed E-state index contributed by atoms with van der Waals surface area (Å²) in [5.41, 5.74) is 5.92. The standard InChI is InChI=1S/C21H22ClN3O6S/c1-29-14-5-3-13(4-6-14)24-20(27)16-10-32-11-25(16)21(28)12-7-15(22)19(17(8-12)30-2)31-9-18(23)26/h3-8,16H,9-11H2,1-2H3,(H2,23,26)(H,24,27). The fourth-order valence-corrected chi connectivity index (χ4v) is 4.47. The number of amides is 3. The van der Waals surface area contributed by atoms with E-state index < -0.39 is 11.9 Å². The van der Waals surface area contributed by atoms with Crippen molar-refractivity contribution in [3.8, 4) is 17.2 Å². The second-order valence-electron chi connectivity index (χ2n) is 6.75. The topological polar surface area (TPSA) is 120 Å². The lowest BCUT2D eigenvalue weighted by Gasteiger charge is -2.24. The highest BCUT2D eigenvalue weighted by Crippen LogP contribution is 2.37. The van der Waals surface area contributed by atoms with E-state index in [9.17, 15) is 14.4 Å². The number of carbonyl (C=O) groups is 3. The van der Waals surface area contributed by atoms with E-state index in [1.807, 2.05) is 0 Å². The van der Waals surface area contributed by atoms with Gasteiger partial charge in [0.25, 0.3) is 11.8 Å². The van der Waals surface area contributed by atoms with E-state index in [-0.39, 0.29) is 40.5 Å². The van der Waals surface area contributed by atoms with Gasteiger partial charge in [-0.15, -0.1) is 11.8 Å². The largest absolute Gasteiger partial charge is 0.497 e. The van der Waals surface area contributed by atoms with Crippen LogP contribution in [0.2, 0.25) is 5.02 Å². The number of hydrogen-bond donors (Lipinski definition) is 2. The lowest BCUT2D eigenvalue weighted by atomic mass is 10.1. The molecule has 0 bridgehead atoms. The minimum atomic E-state index is -0.678. The average molecular weight is 480 g/mol. The van der Waals surface area contributed by atoms with Gasteiger partial charge in [-0.25, -0.2) is 0 Å². The molecule has 0 spiro atoms. The third-order valence-electron chi connectivity index (χ3n) is 4.64. The SMILES string of the molecule is COc1ccc(NC(=O)C2CSCN2C(=O)c2cc(Cl)c(OCC(N)=O)c(OC)c2)cc1. The Hall–Kier alpha value is -3.11. The molecule has 3 amide bonds. The minimum absolute atomic E-state index is 0.0834. The number of nitrogens with one attached hydrogen (secondary N) is 1. The van der Waals surface area contributed by atoms with E-state index in [0.29, 0.717) is 23.1 Å². The first-order valence-corrected chi connectivity index (χ1v) is 11.0. The molecule has 11 heteroatoms. The Labute approximate surface area is 194 Å². The van der Waals surface area contributed by atoms with Crippen LogP contribution in [0.3, 0.4) is 0 Å². The number of carbonyl (C=O) groups excluding carboxylic acids is 3. The summed E-state index contributed by atoms with van der Waals surface area (Å²) in [4.78, 5) is 38.5. The number of methoxy groups -OCH3 is 2. The monoisotopic (exact) mass is 479 g/mol. The number of nitrogens with two attached hydrogens (primary N) is 1. The van der Waals surface area contributed by atoms with Crippen LogP contribution in [0.15, 0.2) is 36.4 Å². The molecule has 3 rings (SSSR count). The zero-order chi connectivity index (χ0) is 23.3. The molecule has 0 saturated carbocycles. The summed E-state index contributed by atoms with van der Waals surface area (Å²) in [7, 11) is 2.94. The molecule has 9 nitrogen and oxygen atoms in total. The van der Waals surface area contributed by atoms with Crippen molar-refractivity contribution in [2.24, 2.45) is 5.73 Å². The van der Waals surface area contributed by atoms with Gasteiger partial charge in [-0.2, -0.15) is 0 Å². The second-order valence-corrected chi connectivity index (χ2v) is 8.16. The van der Waals surface area contributed by atoms with Crippen molar-refractivity contribution >= 4 is 46.8 Å². The highest BCUT2D eigenvalue weighted by molar-refractivity contribution is 7.99. The van der Waals surface area contributed by atoms with Crippen LogP contribution >= 0.6 is 23.4 Å². The first kappa shape index (κ1) is 23.6. The summed E-state index contributed by atoms with van der Waals surface area (Å²) in [6.07, 6.45) is 0. The maximum atomic E-state index is 13.2. The van der Waals surface area contributed by atoms with Crippen molar-refractivity contribution in [1.82, 2.24) is 4.90 Å². The third kappa shape index (κ3) is 5.38. The van der Waals surface area contributed by atoms with E-state index in [0.717, 1.165) is 0 Å². The van der Waals surface area contributed by atoms with Gasteiger partial charge in [0.2, 0.25) is 5.91 Å². The molecule has 1 unspecified atom stereocenters. The summed E-state index contributed by atoms with van der Waals surface area (Å²) in [6.45, 7) is -0.389. The second kappa shape index (κ2) is 10.5. The van der Waals surface area contributed by atoms with Crippen molar-refractivity contribution in [3.63, 3.8) is 0 Å². The van der Waals surface area contributed by atoms with E-state index in [2.05, 4.69) is 5.32 Å². The van der Waals surface area contributed by atoms with Gasteiger partial charge >= 0.3 is 0 Å². The van der Waals surface area contributed by atoms with E-state index >= 15 is 0 Å². The van der Waals surface area contributed by atoms with Gasteiger partial charge in [0.1, 0.15) is 11.8 Å². The molecule has 2 aromatic rings. The van der Waals surface area contributed by atoms with Crippen LogP contribution in [-0.2, 0) is 9.59 Å². The number of benzene rings is 2. The molecular formula is C21H22ClN3O6S. The normalized spacial score (nSPS) is 15.2. The van der Waals surface area contributed by atoms with Crippen LogP contribution in [0.1, 0.15) is 10.4 Å². The number of anilines is 1. The van der Waals surface area contributed by atoms with Gasteiger partial charge in [0.05, 0.1) is 25.1 Å². The molecule has 32 heavy (non-hydrogen) atoms. The van der Waals surface area contributed by atoms with Crippen LogP contribution in [0.5, 0.6) is 17.2 Å². The van der Waals surface area contributed by atoms with Crippen molar-refractivity contribution < 1.29 is 28.6 Å². The Bertz CT molecular complexity index is 1020. The van der Waals surface area contributed by atoms with Crippen molar-refractivity contribution in [3.05, 3.63) is 47.0 Å². The van der Waals surface area contributed by atoms with Gasteiger partial charge in [-0.3, -0.25) is 14.4 Å². The molecule has 1 fully saturated rings. The lowest BCUT2D eigenvalue weighted by Crippen LogP contribution is -2.44. The average Bonchev–Trinajstić information content (AvgIpc) is 3.27. The Morgan fingerprint density at radius 2 is 1.91 bits per heavy atom. The van der Waals surface area contributed by atoms with Gasteiger partial charge in [0.15, 0.2) is 18.1 Å². The summed E-state index contributed by atoms with van der Waals surface area (Å²) in [5.74, 6) is 0.396. The molecule has 3 N–H and O–H groups in total. The number of thioether (sulfide) groups is 1. The minimum Gasteiger partial charge on any atom is -0.497 e. The van der Waals surface area contributed by atoms with Gasteiger partial charge in [-0.1, -0.05) is 11.6 Å². The van der Waals surface area contributed by atoms with Gasteiger partial charge < -0.3 is 30.2 Å². The fraction of sp³-hybridized carbons (Fsp3) is 0.286. The predicted molar refractivity (Wildman–Crippen MR) is 122 cm³/mol. The molecule has 1 atom stereocenters. The van der Waals surface area contributed by atoms with E-state index in [1.54, 1.807) is 31.4 Å². The number of primary amides is 1. The Morgan fingerprint density at radius 3 is 2.53 bits per heavy atom. The number of rotatable bonds is 8. The number of ether oxygens (including phenoxy) is 3. The first-order valence-electron chi connectivity index (χ1n) is 9.46.